The summed E-state index contributed by atoms with van der Waals surface area (Å²) >= 11 is 1.83. The number of nitrogens with one attached hydrogen (secondary N) is 1. The quantitative estimate of drug-likeness (QED) is 0.762. The lowest BCUT2D eigenvalue weighted by Gasteiger charge is -2.15. The molecule has 0 radical (unpaired) electrons. The van der Waals surface area contributed by atoms with E-state index in [2.05, 4.69) is 43.6 Å². The Balaban J connectivity index is 2.30. The van der Waals surface area contributed by atoms with Gasteiger partial charge in [-0.15, -0.1) is 11.3 Å². The van der Waals surface area contributed by atoms with E-state index in [0.29, 0.717) is 6.04 Å². The molecular weight excluding hydrogens is 178 g/mol. The van der Waals surface area contributed by atoms with E-state index in [1.165, 1.54) is 11.3 Å². The number of thiophene rings is 1. The highest BCUT2D eigenvalue weighted by atomic mass is 32.1. The zero-order chi connectivity index (χ0) is 9.68. The lowest BCUT2D eigenvalue weighted by atomic mass is 10.1. The van der Waals surface area contributed by atoms with Gasteiger partial charge in [0, 0.05) is 10.9 Å². The summed E-state index contributed by atoms with van der Waals surface area (Å²) < 4.78 is 0. The molecule has 1 rings (SSSR count). The van der Waals surface area contributed by atoms with Gasteiger partial charge in [0.25, 0.3) is 0 Å². The molecule has 0 aliphatic heterocycles. The number of hydrogen-bond donors (Lipinski definition) is 1. The van der Waals surface area contributed by atoms with Crippen molar-refractivity contribution in [2.24, 2.45) is 5.92 Å². The molecule has 1 heterocycles. The monoisotopic (exact) mass is 197 g/mol. The van der Waals surface area contributed by atoms with E-state index >= 15 is 0 Å². The molecule has 1 nitrogen and oxygen atoms in total. The maximum atomic E-state index is 3.55. The fourth-order valence-electron chi connectivity index (χ4n) is 1.16. The summed E-state index contributed by atoms with van der Waals surface area (Å²) in [6.07, 6.45) is 1.25. The van der Waals surface area contributed by atoms with E-state index in [1.54, 1.807) is 0 Å². The molecule has 0 fully saturated rings. The first kappa shape index (κ1) is 10.7. The average Bonchev–Trinajstić information content (AvgIpc) is 2.66. The van der Waals surface area contributed by atoms with E-state index in [4.69, 9.17) is 0 Å². The summed E-state index contributed by atoms with van der Waals surface area (Å²) in [4.78, 5) is 1.43. The van der Waals surface area contributed by atoms with Crippen LogP contribution in [0.4, 0.5) is 0 Å². The van der Waals surface area contributed by atoms with Gasteiger partial charge >= 0.3 is 0 Å². The number of hydrogen-bond acceptors (Lipinski definition) is 2. The SMILES string of the molecule is CCC(C)CN[C@@H](C)c1cccs1. The molecule has 2 atom stereocenters. The minimum absolute atomic E-state index is 0.508. The van der Waals surface area contributed by atoms with Crippen molar-refractivity contribution in [3.8, 4) is 0 Å². The van der Waals surface area contributed by atoms with E-state index in [0.717, 1.165) is 12.5 Å². The van der Waals surface area contributed by atoms with Crippen molar-refractivity contribution in [1.82, 2.24) is 5.32 Å². The Kier molecular flexibility index (Phi) is 4.46. The first-order valence-corrected chi connectivity index (χ1v) is 5.88. The van der Waals surface area contributed by atoms with Gasteiger partial charge in [0.2, 0.25) is 0 Å². The van der Waals surface area contributed by atoms with Crippen LogP contribution in [0.3, 0.4) is 0 Å². The second-order valence-corrected chi connectivity index (χ2v) is 4.64. The van der Waals surface area contributed by atoms with E-state index in [-0.39, 0.29) is 0 Å². The molecule has 0 spiro atoms. The van der Waals surface area contributed by atoms with Gasteiger partial charge in [0.05, 0.1) is 0 Å². The van der Waals surface area contributed by atoms with Crippen molar-refractivity contribution in [2.45, 2.75) is 33.2 Å². The molecule has 1 aromatic rings. The van der Waals surface area contributed by atoms with Gasteiger partial charge in [-0.1, -0.05) is 26.3 Å². The molecule has 13 heavy (non-hydrogen) atoms. The molecule has 1 N–H and O–H groups in total. The maximum Gasteiger partial charge on any atom is 0.0386 e. The van der Waals surface area contributed by atoms with Crippen LogP contribution in [-0.2, 0) is 0 Å². The van der Waals surface area contributed by atoms with Gasteiger partial charge in [-0.3, -0.25) is 0 Å². The van der Waals surface area contributed by atoms with Crippen LogP contribution in [0.25, 0.3) is 0 Å². The zero-order valence-electron chi connectivity index (χ0n) is 8.71. The van der Waals surface area contributed by atoms with Crippen LogP contribution in [0.2, 0.25) is 0 Å². The first-order chi connectivity index (χ1) is 6.24. The third-order valence-electron chi connectivity index (χ3n) is 2.44. The van der Waals surface area contributed by atoms with Gasteiger partial charge in [-0.25, -0.2) is 0 Å². The Hall–Kier alpha value is -0.340. The Morgan fingerprint density at radius 1 is 1.46 bits per heavy atom. The number of rotatable bonds is 5. The molecule has 1 unspecified atom stereocenters. The van der Waals surface area contributed by atoms with Gasteiger partial charge in [0.1, 0.15) is 0 Å². The molecule has 0 aromatic carbocycles. The molecule has 0 saturated heterocycles. The highest BCUT2D eigenvalue weighted by molar-refractivity contribution is 7.10. The molecule has 1 aromatic heterocycles. The van der Waals surface area contributed by atoms with Crippen LogP contribution in [0.1, 0.15) is 38.1 Å². The standard InChI is InChI=1S/C11H19NS/c1-4-9(2)8-12-10(3)11-6-5-7-13-11/h5-7,9-10,12H,4,8H2,1-3H3/t9?,10-/m0/s1. The van der Waals surface area contributed by atoms with Crippen LogP contribution in [0.5, 0.6) is 0 Å². The van der Waals surface area contributed by atoms with E-state index in [1.807, 2.05) is 11.3 Å². The summed E-state index contributed by atoms with van der Waals surface area (Å²) in [5, 5.41) is 5.68. The highest BCUT2D eigenvalue weighted by Crippen LogP contribution is 2.18. The van der Waals surface area contributed by atoms with Gasteiger partial charge in [-0.2, -0.15) is 0 Å². The second-order valence-electron chi connectivity index (χ2n) is 3.66. The Labute approximate surface area is 85.2 Å². The minimum Gasteiger partial charge on any atom is -0.309 e. The lowest BCUT2D eigenvalue weighted by Crippen LogP contribution is -2.23. The third kappa shape index (κ3) is 3.49. The molecule has 74 valence electrons. The van der Waals surface area contributed by atoms with Gasteiger partial charge in [0.15, 0.2) is 0 Å². The van der Waals surface area contributed by atoms with Crippen molar-refractivity contribution in [2.75, 3.05) is 6.54 Å². The van der Waals surface area contributed by atoms with Crippen LogP contribution >= 0.6 is 11.3 Å². The molecule has 0 aliphatic rings. The summed E-state index contributed by atoms with van der Waals surface area (Å²) in [6, 6.07) is 4.81. The fourth-order valence-corrected chi connectivity index (χ4v) is 1.92. The Morgan fingerprint density at radius 2 is 2.23 bits per heavy atom. The molecule has 2 heteroatoms. The average molecular weight is 197 g/mol. The third-order valence-corrected chi connectivity index (χ3v) is 3.49. The van der Waals surface area contributed by atoms with Crippen LogP contribution in [0.15, 0.2) is 17.5 Å². The molecule has 0 amide bonds. The summed E-state index contributed by atoms with van der Waals surface area (Å²) in [5.41, 5.74) is 0. The highest BCUT2D eigenvalue weighted by Gasteiger charge is 2.06. The topological polar surface area (TPSA) is 12.0 Å². The largest absolute Gasteiger partial charge is 0.309 e. The zero-order valence-corrected chi connectivity index (χ0v) is 9.53. The van der Waals surface area contributed by atoms with Crippen molar-refractivity contribution in [1.29, 1.82) is 0 Å². The minimum atomic E-state index is 0.508. The maximum absolute atomic E-state index is 3.55. The van der Waals surface area contributed by atoms with Crippen molar-refractivity contribution < 1.29 is 0 Å². The summed E-state index contributed by atoms with van der Waals surface area (Å²) in [5.74, 6) is 0.780. The van der Waals surface area contributed by atoms with Crippen LogP contribution in [0, 0.1) is 5.92 Å². The fraction of sp³-hybridized carbons (Fsp3) is 0.636. The molecule has 0 aliphatic carbocycles. The van der Waals surface area contributed by atoms with E-state index < -0.39 is 0 Å². The molecule has 0 saturated carbocycles. The summed E-state index contributed by atoms with van der Waals surface area (Å²) in [7, 11) is 0. The van der Waals surface area contributed by atoms with Crippen LogP contribution < -0.4 is 5.32 Å². The van der Waals surface area contributed by atoms with Crippen LogP contribution in [-0.4, -0.2) is 6.54 Å². The van der Waals surface area contributed by atoms with Gasteiger partial charge in [-0.05, 0) is 30.8 Å². The smallest absolute Gasteiger partial charge is 0.0386 e. The van der Waals surface area contributed by atoms with Gasteiger partial charge < -0.3 is 5.32 Å². The predicted octanol–water partition coefficient (Wildman–Crippen LogP) is 3.44. The molecule has 0 bridgehead atoms. The van der Waals surface area contributed by atoms with Crippen molar-refractivity contribution in [3.05, 3.63) is 22.4 Å². The normalized spacial score (nSPS) is 15.6. The van der Waals surface area contributed by atoms with E-state index in [9.17, 15) is 0 Å². The Morgan fingerprint density at radius 3 is 2.77 bits per heavy atom. The second kappa shape index (κ2) is 5.40. The lowest BCUT2D eigenvalue weighted by molar-refractivity contribution is 0.464. The molecular formula is C11H19NS. The van der Waals surface area contributed by atoms with Crippen molar-refractivity contribution >= 4 is 11.3 Å². The first-order valence-electron chi connectivity index (χ1n) is 5.00. The van der Waals surface area contributed by atoms with Crippen molar-refractivity contribution in [3.63, 3.8) is 0 Å². The Bertz CT molecular complexity index is 218. The predicted molar refractivity (Wildman–Crippen MR) is 60.2 cm³/mol. The summed E-state index contributed by atoms with van der Waals surface area (Å²) in [6.45, 7) is 7.88.